The molecule has 0 radical (unpaired) electrons. The van der Waals surface area contributed by atoms with Gasteiger partial charge < -0.3 is 16.2 Å². The third-order valence-corrected chi connectivity index (χ3v) is 4.50. The molecule has 4 rings (SSSR count). The Kier molecular flexibility index (Phi) is 3.69. The maximum Gasteiger partial charge on any atom is 0.165 e. The predicted molar refractivity (Wildman–Crippen MR) is 95.3 cm³/mol. The fraction of sp³-hybridized carbons (Fsp3) is 0.211. The summed E-state index contributed by atoms with van der Waals surface area (Å²) in [5, 5.41) is 4.53. The van der Waals surface area contributed by atoms with Crippen LogP contribution in [0.2, 0.25) is 0 Å². The van der Waals surface area contributed by atoms with E-state index >= 15 is 0 Å². The number of halogens is 1. The molecule has 1 atom stereocenters. The van der Waals surface area contributed by atoms with E-state index in [1.807, 2.05) is 43.3 Å². The van der Waals surface area contributed by atoms with Crippen molar-refractivity contribution in [2.24, 2.45) is 5.73 Å². The number of hydrogen-bond donors (Lipinski definition) is 2. The summed E-state index contributed by atoms with van der Waals surface area (Å²) in [5.41, 5.74) is 15.9. The molecule has 4 N–H and O–H groups in total. The van der Waals surface area contributed by atoms with Gasteiger partial charge in [-0.15, -0.1) is 0 Å². The first-order valence-corrected chi connectivity index (χ1v) is 8.18. The van der Waals surface area contributed by atoms with Crippen LogP contribution in [0.1, 0.15) is 11.3 Å². The third-order valence-electron chi connectivity index (χ3n) is 4.50. The Balaban J connectivity index is 1.82. The number of para-hydroxylation sites is 1. The van der Waals surface area contributed by atoms with E-state index in [0.29, 0.717) is 30.1 Å². The number of nitrogens with two attached hydrogens (primary N) is 2. The van der Waals surface area contributed by atoms with Crippen molar-refractivity contribution >= 4 is 5.82 Å². The number of aromatic nitrogens is 2. The van der Waals surface area contributed by atoms with Gasteiger partial charge in [-0.1, -0.05) is 18.2 Å². The number of nitrogen functional groups attached to an aromatic ring is 1. The SMILES string of the molecule is Cc1nn(-c2ccccc2)c(N)c1-c1cc(F)c2c(c1)CC(CN)O2. The lowest BCUT2D eigenvalue weighted by atomic mass is 10.0. The molecule has 0 aliphatic carbocycles. The summed E-state index contributed by atoms with van der Waals surface area (Å²) in [6.07, 6.45) is 0.424. The number of anilines is 1. The quantitative estimate of drug-likeness (QED) is 0.770. The Morgan fingerprint density at radius 1 is 1.28 bits per heavy atom. The normalized spacial score (nSPS) is 15.9. The van der Waals surface area contributed by atoms with Gasteiger partial charge in [0.15, 0.2) is 11.6 Å². The number of fused-ring (bicyclic) bond motifs is 1. The summed E-state index contributed by atoms with van der Waals surface area (Å²) in [6.45, 7) is 2.23. The Morgan fingerprint density at radius 3 is 2.76 bits per heavy atom. The lowest BCUT2D eigenvalue weighted by Crippen LogP contribution is -2.24. The molecule has 1 aromatic heterocycles. The minimum Gasteiger partial charge on any atom is -0.485 e. The Morgan fingerprint density at radius 2 is 2.04 bits per heavy atom. The number of aryl methyl sites for hydroxylation is 1. The van der Waals surface area contributed by atoms with E-state index < -0.39 is 5.82 Å². The first-order valence-electron chi connectivity index (χ1n) is 8.18. The van der Waals surface area contributed by atoms with E-state index in [2.05, 4.69) is 5.10 Å². The smallest absolute Gasteiger partial charge is 0.165 e. The topological polar surface area (TPSA) is 79.1 Å². The average molecular weight is 338 g/mol. The molecule has 25 heavy (non-hydrogen) atoms. The summed E-state index contributed by atoms with van der Waals surface area (Å²) in [5.74, 6) is 0.387. The summed E-state index contributed by atoms with van der Waals surface area (Å²) < 4.78 is 21.7. The molecule has 128 valence electrons. The van der Waals surface area contributed by atoms with Crippen LogP contribution in [-0.4, -0.2) is 22.4 Å². The van der Waals surface area contributed by atoms with Gasteiger partial charge in [0.05, 0.1) is 11.4 Å². The summed E-state index contributed by atoms with van der Waals surface area (Å²) in [7, 11) is 0. The zero-order valence-electron chi connectivity index (χ0n) is 13.9. The molecule has 1 unspecified atom stereocenters. The highest BCUT2D eigenvalue weighted by molar-refractivity contribution is 5.79. The van der Waals surface area contributed by atoms with Gasteiger partial charge in [0.25, 0.3) is 0 Å². The summed E-state index contributed by atoms with van der Waals surface area (Å²) >= 11 is 0. The van der Waals surface area contributed by atoms with E-state index in [9.17, 15) is 4.39 Å². The Bertz CT molecular complexity index is 936. The number of rotatable bonds is 3. The molecule has 0 bridgehead atoms. The van der Waals surface area contributed by atoms with Crippen molar-refractivity contribution < 1.29 is 9.13 Å². The van der Waals surface area contributed by atoms with Gasteiger partial charge in [-0.25, -0.2) is 9.07 Å². The second-order valence-corrected chi connectivity index (χ2v) is 6.22. The third kappa shape index (κ3) is 2.55. The van der Waals surface area contributed by atoms with Crippen LogP contribution in [-0.2, 0) is 6.42 Å². The van der Waals surface area contributed by atoms with Crippen LogP contribution in [0.4, 0.5) is 10.2 Å². The van der Waals surface area contributed by atoms with Crippen LogP contribution in [0.3, 0.4) is 0 Å². The highest BCUT2D eigenvalue weighted by Crippen LogP contribution is 2.38. The second kappa shape index (κ2) is 5.89. The van der Waals surface area contributed by atoms with Crippen molar-refractivity contribution in [3.8, 4) is 22.6 Å². The largest absolute Gasteiger partial charge is 0.485 e. The maximum absolute atomic E-state index is 14.5. The standard InChI is InChI=1S/C19H19FN4O/c1-11-17(19(22)24(23-11)14-5-3-2-4-6-14)12-7-13-8-15(10-21)25-18(13)16(20)9-12/h2-7,9,15H,8,10,21-22H2,1H3. The molecule has 3 aromatic rings. The average Bonchev–Trinajstić information content (AvgIpc) is 3.16. The van der Waals surface area contributed by atoms with Crippen LogP contribution < -0.4 is 16.2 Å². The summed E-state index contributed by atoms with van der Waals surface area (Å²) in [4.78, 5) is 0. The number of nitrogens with zero attached hydrogens (tertiary/aromatic N) is 2. The fourth-order valence-corrected chi connectivity index (χ4v) is 3.33. The molecule has 5 nitrogen and oxygen atoms in total. The minimum atomic E-state index is -0.394. The first-order chi connectivity index (χ1) is 12.1. The van der Waals surface area contributed by atoms with Crippen LogP contribution in [0, 0.1) is 12.7 Å². The van der Waals surface area contributed by atoms with E-state index in [1.165, 1.54) is 6.07 Å². The van der Waals surface area contributed by atoms with Crippen molar-refractivity contribution in [2.75, 3.05) is 12.3 Å². The van der Waals surface area contributed by atoms with Gasteiger partial charge in [-0.2, -0.15) is 5.10 Å². The number of ether oxygens (including phenoxy) is 1. The first kappa shape index (κ1) is 15.7. The number of benzene rings is 2. The molecular formula is C19H19FN4O. The monoisotopic (exact) mass is 338 g/mol. The fourth-order valence-electron chi connectivity index (χ4n) is 3.33. The molecule has 6 heteroatoms. The van der Waals surface area contributed by atoms with Gasteiger partial charge in [0.1, 0.15) is 11.9 Å². The van der Waals surface area contributed by atoms with E-state index in [4.69, 9.17) is 16.2 Å². The van der Waals surface area contributed by atoms with Crippen molar-refractivity contribution in [2.45, 2.75) is 19.4 Å². The highest BCUT2D eigenvalue weighted by atomic mass is 19.1. The molecule has 1 aliphatic rings. The predicted octanol–water partition coefficient (Wildman–Crippen LogP) is 2.83. The molecule has 2 heterocycles. The van der Waals surface area contributed by atoms with Crippen molar-refractivity contribution in [3.63, 3.8) is 0 Å². The van der Waals surface area contributed by atoms with Gasteiger partial charge >= 0.3 is 0 Å². The molecule has 0 saturated carbocycles. The molecule has 0 fully saturated rings. The van der Waals surface area contributed by atoms with Crippen LogP contribution in [0.5, 0.6) is 5.75 Å². The minimum absolute atomic E-state index is 0.176. The van der Waals surface area contributed by atoms with Gasteiger partial charge in [0.2, 0.25) is 0 Å². The zero-order chi connectivity index (χ0) is 17.6. The van der Waals surface area contributed by atoms with Crippen molar-refractivity contribution in [1.29, 1.82) is 0 Å². The lowest BCUT2D eigenvalue weighted by molar-refractivity contribution is 0.232. The highest BCUT2D eigenvalue weighted by Gasteiger charge is 2.27. The molecule has 2 aromatic carbocycles. The molecular weight excluding hydrogens is 319 g/mol. The molecule has 1 aliphatic heterocycles. The van der Waals surface area contributed by atoms with E-state index in [-0.39, 0.29) is 6.10 Å². The van der Waals surface area contributed by atoms with Crippen LogP contribution in [0.15, 0.2) is 42.5 Å². The van der Waals surface area contributed by atoms with Gasteiger partial charge in [-0.3, -0.25) is 0 Å². The molecule has 0 amide bonds. The van der Waals surface area contributed by atoms with Crippen molar-refractivity contribution in [1.82, 2.24) is 9.78 Å². The Hall–Kier alpha value is -2.86. The van der Waals surface area contributed by atoms with Gasteiger partial charge in [-0.05, 0) is 36.8 Å². The van der Waals surface area contributed by atoms with Crippen LogP contribution >= 0.6 is 0 Å². The van der Waals surface area contributed by atoms with E-state index in [0.717, 1.165) is 22.5 Å². The Labute approximate surface area is 145 Å². The van der Waals surface area contributed by atoms with E-state index in [1.54, 1.807) is 4.68 Å². The zero-order valence-corrected chi connectivity index (χ0v) is 13.9. The van der Waals surface area contributed by atoms with Crippen LogP contribution in [0.25, 0.3) is 16.8 Å². The second-order valence-electron chi connectivity index (χ2n) is 6.22. The summed E-state index contributed by atoms with van der Waals surface area (Å²) in [6, 6.07) is 13.0. The van der Waals surface area contributed by atoms with Crippen molar-refractivity contribution in [3.05, 3.63) is 59.5 Å². The maximum atomic E-state index is 14.5. The molecule has 0 saturated heterocycles. The molecule has 0 spiro atoms. The van der Waals surface area contributed by atoms with Gasteiger partial charge in [0, 0.05) is 24.1 Å². The number of hydrogen-bond acceptors (Lipinski definition) is 4. The lowest BCUT2D eigenvalue weighted by Gasteiger charge is -2.08.